The second-order valence-corrected chi connectivity index (χ2v) is 7.19. The van der Waals surface area contributed by atoms with Gasteiger partial charge in [-0.2, -0.15) is 0 Å². The monoisotopic (exact) mass is 290 g/mol. The molecule has 0 amide bonds. The number of hydrogen-bond acceptors (Lipinski definition) is 3. The van der Waals surface area contributed by atoms with E-state index >= 15 is 0 Å². The maximum absolute atomic E-state index is 4.41. The van der Waals surface area contributed by atoms with E-state index in [2.05, 4.69) is 39.8 Å². The fourth-order valence-electron chi connectivity index (χ4n) is 3.97. The molecule has 2 atom stereocenters. The highest BCUT2D eigenvalue weighted by atomic mass is 15.2. The third-order valence-electron chi connectivity index (χ3n) is 5.48. The molecule has 1 aromatic rings. The highest BCUT2D eigenvalue weighted by Gasteiger charge is 2.33. The van der Waals surface area contributed by atoms with Crippen molar-refractivity contribution in [3.8, 4) is 0 Å². The van der Waals surface area contributed by atoms with Crippen LogP contribution in [0.3, 0.4) is 0 Å². The van der Waals surface area contributed by atoms with Crippen LogP contribution in [-0.4, -0.2) is 46.7 Å². The Labute approximate surface area is 128 Å². The van der Waals surface area contributed by atoms with Gasteiger partial charge in [-0.3, -0.25) is 0 Å². The van der Waals surface area contributed by atoms with Gasteiger partial charge in [0.05, 0.1) is 6.33 Å². The fraction of sp³-hybridized carbons (Fsp3) is 0.824. The molecule has 21 heavy (non-hydrogen) atoms. The lowest BCUT2D eigenvalue weighted by Gasteiger charge is -2.33. The Morgan fingerprint density at radius 1 is 1.38 bits per heavy atom. The largest absolute Gasteiger partial charge is 0.334 e. The number of piperidine rings is 1. The maximum Gasteiger partial charge on any atom is 0.0948 e. The molecule has 2 aliphatic heterocycles. The molecule has 3 rings (SSSR count). The molecule has 1 N–H and O–H groups in total. The quantitative estimate of drug-likeness (QED) is 0.904. The number of hydrogen-bond donors (Lipinski definition) is 1. The van der Waals surface area contributed by atoms with Crippen LogP contribution in [0.1, 0.15) is 51.6 Å². The van der Waals surface area contributed by atoms with Crippen molar-refractivity contribution in [2.24, 2.45) is 0 Å². The lowest BCUT2D eigenvalue weighted by Crippen LogP contribution is -2.38. The van der Waals surface area contributed by atoms with E-state index in [-0.39, 0.29) is 5.41 Å². The molecule has 118 valence electrons. The zero-order valence-corrected chi connectivity index (χ0v) is 13.6. The van der Waals surface area contributed by atoms with Crippen LogP contribution in [-0.2, 0) is 12.0 Å². The molecule has 2 fully saturated rings. The van der Waals surface area contributed by atoms with E-state index in [1.165, 1.54) is 50.9 Å². The maximum atomic E-state index is 4.41. The van der Waals surface area contributed by atoms with Crippen molar-refractivity contribution in [3.63, 3.8) is 0 Å². The van der Waals surface area contributed by atoms with Gasteiger partial charge < -0.3 is 14.8 Å². The molecule has 0 aliphatic carbocycles. The van der Waals surface area contributed by atoms with Crippen molar-refractivity contribution < 1.29 is 0 Å². The van der Waals surface area contributed by atoms with Gasteiger partial charge in [0.15, 0.2) is 0 Å². The fourth-order valence-corrected chi connectivity index (χ4v) is 3.97. The summed E-state index contributed by atoms with van der Waals surface area (Å²) in [5.74, 6) is 0. The number of aromatic nitrogens is 2. The van der Waals surface area contributed by atoms with E-state index in [1.807, 2.05) is 6.33 Å². The second-order valence-electron chi connectivity index (χ2n) is 7.19. The van der Waals surface area contributed by atoms with Gasteiger partial charge in [0.1, 0.15) is 0 Å². The molecule has 3 heterocycles. The predicted octanol–water partition coefficient (Wildman–Crippen LogP) is 2.40. The SMILES string of the molecule is CC1CCCCN1CCCn1cncc1C1(C)CCNC1. The summed E-state index contributed by atoms with van der Waals surface area (Å²) in [4.78, 5) is 7.08. The minimum atomic E-state index is 0.273. The summed E-state index contributed by atoms with van der Waals surface area (Å²) in [6, 6.07) is 0.776. The summed E-state index contributed by atoms with van der Waals surface area (Å²) in [7, 11) is 0. The van der Waals surface area contributed by atoms with Gasteiger partial charge in [0.25, 0.3) is 0 Å². The Bertz CT molecular complexity index is 447. The molecule has 2 unspecified atom stereocenters. The summed E-state index contributed by atoms with van der Waals surface area (Å²) in [5, 5.41) is 3.49. The zero-order valence-electron chi connectivity index (χ0n) is 13.6. The zero-order chi connectivity index (χ0) is 14.7. The van der Waals surface area contributed by atoms with Crippen LogP contribution in [0.25, 0.3) is 0 Å². The molecule has 0 radical (unpaired) electrons. The average molecular weight is 290 g/mol. The van der Waals surface area contributed by atoms with Crippen LogP contribution in [0.15, 0.2) is 12.5 Å². The van der Waals surface area contributed by atoms with E-state index < -0.39 is 0 Å². The lowest BCUT2D eigenvalue weighted by molar-refractivity contribution is 0.156. The van der Waals surface area contributed by atoms with E-state index in [9.17, 15) is 0 Å². The molecular formula is C17H30N4. The Morgan fingerprint density at radius 2 is 2.29 bits per heavy atom. The second kappa shape index (κ2) is 6.49. The van der Waals surface area contributed by atoms with Crippen LogP contribution in [0, 0.1) is 0 Å². The average Bonchev–Trinajstić information content (AvgIpc) is 3.11. The number of nitrogens with one attached hydrogen (secondary N) is 1. The van der Waals surface area contributed by atoms with Crippen LogP contribution < -0.4 is 5.32 Å². The van der Waals surface area contributed by atoms with Gasteiger partial charge in [-0.15, -0.1) is 0 Å². The molecule has 4 nitrogen and oxygen atoms in total. The summed E-state index contributed by atoms with van der Waals surface area (Å²) < 4.78 is 2.39. The molecule has 2 saturated heterocycles. The summed E-state index contributed by atoms with van der Waals surface area (Å²) in [5.41, 5.74) is 1.69. The third kappa shape index (κ3) is 3.32. The number of likely N-dealkylation sites (tertiary alicyclic amines) is 1. The van der Waals surface area contributed by atoms with E-state index in [1.54, 1.807) is 0 Å². The Hall–Kier alpha value is -0.870. The van der Waals surface area contributed by atoms with Gasteiger partial charge in [-0.1, -0.05) is 13.3 Å². The van der Waals surface area contributed by atoms with Crippen LogP contribution in [0.4, 0.5) is 0 Å². The molecule has 0 saturated carbocycles. The minimum absolute atomic E-state index is 0.273. The molecule has 1 aromatic heterocycles. The third-order valence-corrected chi connectivity index (χ3v) is 5.48. The van der Waals surface area contributed by atoms with Crippen molar-refractivity contribution in [2.75, 3.05) is 26.2 Å². The van der Waals surface area contributed by atoms with Gasteiger partial charge in [0, 0.05) is 43.0 Å². The van der Waals surface area contributed by atoms with Crippen molar-refractivity contribution in [2.45, 2.75) is 64.0 Å². The summed E-state index contributed by atoms with van der Waals surface area (Å²) in [6.45, 7) is 10.6. The van der Waals surface area contributed by atoms with Gasteiger partial charge in [-0.05, 0) is 45.7 Å². The minimum Gasteiger partial charge on any atom is -0.334 e. The van der Waals surface area contributed by atoms with Crippen molar-refractivity contribution >= 4 is 0 Å². The highest BCUT2D eigenvalue weighted by molar-refractivity contribution is 5.17. The summed E-state index contributed by atoms with van der Waals surface area (Å²) in [6.07, 6.45) is 10.7. The van der Waals surface area contributed by atoms with E-state index in [4.69, 9.17) is 0 Å². The highest BCUT2D eigenvalue weighted by Crippen LogP contribution is 2.29. The van der Waals surface area contributed by atoms with Crippen molar-refractivity contribution in [3.05, 3.63) is 18.2 Å². The van der Waals surface area contributed by atoms with Crippen molar-refractivity contribution in [1.82, 2.24) is 19.8 Å². The lowest BCUT2D eigenvalue weighted by atomic mass is 9.86. The first-order chi connectivity index (χ1) is 10.2. The normalized spacial score (nSPS) is 30.9. The van der Waals surface area contributed by atoms with Gasteiger partial charge in [-0.25, -0.2) is 4.98 Å². The van der Waals surface area contributed by atoms with Crippen LogP contribution in [0.5, 0.6) is 0 Å². The summed E-state index contributed by atoms with van der Waals surface area (Å²) >= 11 is 0. The molecule has 0 aromatic carbocycles. The molecule has 0 bridgehead atoms. The molecule has 0 spiro atoms. The topological polar surface area (TPSA) is 33.1 Å². The van der Waals surface area contributed by atoms with Gasteiger partial charge >= 0.3 is 0 Å². The Morgan fingerprint density at radius 3 is 3.05 bits per heavy atom. The predicted molar refractivity (Wildman–Crippen MR) is 86.6 cm³/mol. The van der Waals surface area contributed by atoms with E-state index in [0.717, 1.165) is 25.7 Å². The molecular weight excluding hydrogens is 260 g/mol. The number of aryl methyl sites for hydroxylation is 1. The Balaban J connectivity index is 1.55. The first-order valence-electron chi connectivity index (χ1n) is 8.64. The number of rotatable bonds is 5. The van der Waals surface area contributed by atoms with Gasteiger partial charge in [0.2, 0.25) is 0 Å². The molecule has 4 heteroatoms. The van der Waals surface area contributed by atoms with Crippen LogP contribution >= 0.6 is 0 Å². The first kappa shape index (κ1) is 15.0. The molecule has 2 aliphatic rings. The van der Waals surface area contributed by atoms with Crippen LogP contribution in [0.2, 0.25) is 0 Å². The standard InChI is InChI=1S/C17H30N4/c1-15-6-3-4-9-20(15)10-5-11-21-14-19-12-16(21)17(2)7-8-18-13-17/h12,14-15,18H,3-11,13H2,1-2H3. The van der Waals surface area contributed by atoms with E-state index in [0.29, 0.717) is 0 Å². The first-order valence-corrected chi connectivity index (χ1v) is 8.64. The number of nitrogens with zero attached hydrogens (tertiary/aromatic N) is 3. The smallest absolute Gasteiger partial charge is 0.0948 e. The Kier molecular flexibility index (Phi) is 4.65. The van der Waals surface area contributed by atoms with Crippen molar-refractivity contribution in [1.29, 1.82) is 0 Å². The number of imidazole rings is 1.